The lowest BCUT2D eigenvalue weighted by atomic mass is 10.2. The number of nitrogens with zero attached hydrogens (tertiary/aromatic N) is 1. The van der Waals surface area contributed by atoms with Gasteiger partial charge in [-0.25, -0.2) is 4.98 Å². The number of benzene rings is 2. The zero-order valence-corrected chi connectivity index (χ0v) is 16.8. The lowest BCUT2D eigenvalue weighted by Gasteiger charge is -2.07. The zero-order valence-electron chi connectivity index (χ0n) is 15.2. The molecule has 0 aliphatic rings. The van der Waals surface area contributed by atoms with Crippen LogP contribution in [0.2, 0.25) is 0 Å². The predicted molar refractivity (Wildman–Crippen MR) is 111 cm³/mol. The minimum atomic E-state index is -0.0257. The number of nitrogens with one attached hydrogen (secondary N) is 1. The van der Waals surface area contributed by atoms with Crippen molar-refractivity contribution in [1.29, 1.82) is 0 Å². The molecule has 0 bridgehead atoms. The van der Waals surface area contributed by atoms with E-state index in [1.54, 1.807) is 23.1 Å². The van der Waals surface area contributed by atoms with Crippen LogP contribution >= 0.6 is 23.1 Å². The molecule has 0 fully saturated rings. The van der Waals surface area contributed by atoms with Crippen molar-refractivity contribution in [1.82, 2.24) is 4.98 Å². The summed E-state index contributed by atoms with van der Waals surface area (Å²) in [5.74, 6) is 0.794. The largest absolute Gasteiger partial charge is 0.325 e. The van der Waals surface area contributed by atoms with Crippen LogP contribution < -0.4 is 5.32 Å². The molecular weight excluding hydrogens is 360 g/mol. The summed E-state index contributed by atoms with van der Waals surface area (Å²) < 4.78 is 0. The highest BCUT2D eigenvalue weighted by Gasteiger charge is 2.10. The van der Waals surface area contributed by atoms with Gasteiger partial charge in [0.15, 0.2) is 0 Å². The number of thiazole rings is 1. The molecule has 134 valence electrons. The van der Waals surface area contributed by atoms with E-state index in [4.69, 9.17) is 0 Å². The summed E-state index contributed by atoms with van der Waals surface area (Å²) >= 11 is 3.34. The molecule has 2 aromatic carbocycles. The third-order valence-electron chi connectivity index (χ3n) is 4.04. The molecular formula is C21H22N2OS2. The number of para-hydroxylation sites is 1. The number of hydrogen-bond donors (Lipinski definition) is 1. The molecule has 3 nitrogen and oxygen atoms in total. The van der Waals surface area contributed by atoms with Gasteiger partial charge in [0.05, 0.1) is 12.1 Å². The molecule has 0 saturated heterocycles. The number of carbonyl (C=O) groups excluding carboxylic acids is 1. The van der Waals surface area contributed by atoms with Crippen LogP contribution in [0.25, 0.3) is 0 Å². The summed E-state index contributed by atoms with van der Waals surface area (Å²) in [6.45, 7) is 6.23. The predicted octanol–water partition coefficient (Wildman–Crippen LogP) is 5.54. The van der Waals surface area contributed by atoms with Crippen molar-refractivity contribution in [2.75, 3.05) is 5.32 Å². The van der Waals surface area contributed by atoms with Crippen molar-refractivity contribution >= 4 is 34.7 Å². The number of hydrogen-bond acceptors (Lipinski definition) is 4. The highest BCUT2D eigenvalue weighted by atomic mass is 32.2. The molecule has 0 aliphatic carbocycles. The lowest BCUT2D eigenvalue weighted by molar-refractivity contribution is -0.115. The number of thioether (sulfide) groups is 1. The van der Waals surface area contributed by atoms with Gasteiger partial charge in [0, 0.05) is 21.7 Å². The normalized spacial score (nSPS) is 10.7. The maximum atomic E-state index is 12.2. The van der Waals surface area contributed by atoms with Crippen LogP contribution in [-0.4, -0.2) is 10.9 Å². The van der Waals surface area contributed by atoms with Crippen molar-refractivity contribution in [3.05, 3.63) is 75.2 Å². The summed E-state index contributed by atoms with van der Waals surface area (Å²) in [7, 11) is 0. The number of aromatic nitrogens is 1. The van der Waals surface area contributed by atoms with Gasteiger partial charge >= 0.3 is 0 Å². The van der Waals surface area contributed by atoms with E-state index >= 15 is 0 Å². The van der Waals surface area contributed by atoms with Crippen molar-refractivity contribution in [3.8, 4) is 0 Å². The van der Waals surface area contributed by atoms with Gasteiger partial charge < -0.3 is 5.32 Å². The van der Waals surface area contributed by atoms with Crippen LogP contribution in [-0.2, 0) is 17.0 Å². The number of amides is 1. The van der Waals surface area contributed by atoms with E-state index < -0.39 is 0 Å². The van der Waals surface area contributed by atoms with E-state index in [1.807, 2.05) is 36.6 Å². The molecule has 3 rings (SSSR count). The molecule has 1 amide bonds. The first-order chi connectivity index (χ1) is 12.5. The van der Waals surface area contributed by atoms with Gasteiger partial charge in [-0.3, -0.25) is 4.79 Å². The highest BCUT2D eigenvalue weighted by molar-refractivity contribution is 7.98. The Kier molecular flexibility index (Phi) is 6.12. The molecule has 1 aromatic heterocycles. The van der Waals surface area contributed by atoms with E-state index in [2.05, 4.69) is 42.3 Å². The zero-order chi connectivity index (χ0) is 18.5. The first-order valence-corrected chi connectivity index (χ1v) is 10.4. The maximum absolute atomic E-state index is 12.2. The van der Waals surface area contributed by atoms with Crippen LogP contribution in [0.5, 0.6) is 0 Å². The topological polar surface area (TPSA) is 42.0 Å². The lowest BCUT2D eigenvalue weighted by Crippen LogP contribution is -2.15. The van der Waals surface area contributed by atoms with Crippen LogP contribution in [0.15, 0.2) is 52.7 Å². The van der Waals surface area contributed by atoms with Crippen molar-refractivity contribution in [2.45, 2.75) is 37.8 Å². The summed E-state index contributed by atoms with van der Waals surface area (Å²) in [6.07, 6.45) is 0.313. The molecule has 0 radical (unpaired) electrons. The monoisotopic (exact) mass is 382 g/mol. The van der Waals surface area contributed by atoms with Crippen molar-refractivity contribution in [3.63, 3.8) is 0 Å². The van der Waals surface area contributed by atoms with E-state index in [-0.39, 0.29) is 5.91 Å². The Labute approximate surface area is 162 Å². The SMILES string of the molecule is Cc1ccc(SCc2csc(CC(=O)Nc3ccccc3C)n2)c(C)c1. The fourth-order valence-corrected chi connectivity index (χ4v) is 4.45. The average Bonchev–Trinajstić information content (AvgIpc) is 3.03. The number of rotatable bonds is 6. The van der Waals surface area contributed by atoms with Gasteiger partial charge in [-0.05, 0) is 44.0 Å². The molecule has 26 heavy (non-hydrogen) atoms. The third-order valence-corrected chi connectivity index (χ3v) is 6.14. The third kappa shape index (κ3) is 4.96. The number of aryl methyl sites for hydroxylation is 3. The summed E-state index contributed by atoms with van der Waals surface area (Å²) in [6, 6.07) is 14.3. The van der Waals surface area contributed by atoms with Gasteiger partial charge in [0.2, 0.25) is 5.91 Å². The molecule has 0 saturated carbocycles. The standard InChI is InChI=1S/C21H22N2OS2/c1-14-8-9-19(16(3)10-14)25-12-17-13-26-21(22-17)11-20(24)23-18-7-5-4-6-15(18)2/h4-10,13H,11-12H2,1-3H3,(H,23,24). The molecule has 3 aromatic rings. The highest BCUT2D eigenvalue weighted by Crippen LogP contribution is 2.27. The second-order valence-corrected chi connectivity index (χ2v) is 8.29. The van der Waals surface area contributed by atoms with Crippen molar-refractivity contribution < 1.29 is 4.79 Å². The first kappa shape index (κ1) is 18.7. The Morgan fingerprint density at radius 3 is 2.69 bits per heavy atom. The van der Waals surface area contributed by atoms with E-state index in [0.29, 0.717) is 6.42 Å². The number of carbonyl (C=O) groups is 1. The van der Waals surface area contributed by atoms with Gasteiger partial charge in [0.25, 0.3) is 0 Å². The van der Waals surface area contributed by atoms with Gasteiger partial charge in [-0.2, -0.15) is 0 Å². The minimum absolute atomic E-state index is 0.0257. The molecule has 1 heterocycles. The van der Waals surface area contributed by atoms with E-state index in [9.17, 15) is 4.79 Å². The van der Waals surface area contributed by atoms with Gasteiger partial charge in [-0.1, -0.05) is 35.9 Å². The minimum Gasteiger partial charge on any atom is -0.325 e. The second kappa shape index (κ2) is 8.52. The Morgan fingerprint density at radius 1 is 1.12 bits per heavy atom. The fourth-order valence-electron chi connectivity index (χ4n) is 2.65. The quantitative estimate of drug-likeness (QED) is 0.569. The summed E-state index contributed by atoms with van der Waals surface area (Å²) in [5, 5.41) is 5.86. The van der Waals surface area contributed by atoms with Crippen LogP contribution in [0.1, 0.15) is 27.4 Å². The first-order valence-electron chi connectivity index (χ1n) is 8.50. The van der Waals surface area contributed by atoms with E-state index in [1.165, 1.54) is 16.0 Å². The molecule has 1 N–H and O–H groups in total. The van der Waals surface area contributed by atoms with Crippen LogP contribution in [0.4, 0.5) is 5.69 Å². The Balaban J connectivity index is 1.56. The fraction of sp³-hybridized carbons (Fsp3) is 0.238. The van der Waals surface area contributed by atoms with E-state index in [0.717, 1.165) is 27.7 Å². The molecule has 0 spiro atoms. The maximum Gasteiger partial charge on any atom is 0.231 e. The molecule has 0 unspecified atom stereocenters. The smallest absolute Gasteiger partial charge is 0.231 e. The van der Waals surface area contributed by atoms with Gasteiger partial charge in [0.1, 0.15) is 5.01 Å². The van der Waals surface area contributed by atoms with Crippen LogP contribution in [0, 0.1) is 20.8 Å². The Hall–Kier alpha value is -2.11. The van der Waals surface area contributed by atoms with Crippen molar-refractivity contribution in [2.24, 2.45) is 0 Å². The Bertz CT molecular complexity index is 918. The summed E-state index contributed by atoms with van der Waals surface area (Å²) in [5.41, 5.74) is 5.52. The molecule has 5 heteroatoms. The summed E-state index contributed by atoms with van der Waals surface area (Å²) in [4.78, 5) is 18.1. The van der Waals surface area contributed by atoms with Crippen LogP contribution in [0.3, 0.4) is 0 Å². The number of anilines is 1. The molecule has 0 aliphatic heterocycles. The molecule has 0 atom stereocenters. The Morgan fingerprint density at radius 2 is 1.92 bits per heavy atom. The van der Waals surface area contributed by atoms with Gasteiger partial charge in [-0.15, -0.1) is 23.1 Å². The average molecular weight is 383 g/mol. The second-order valence-electron chi connectivity index (χ2n) is 6.33.